The van der Waals surface area contributed by atoms with Gasteiger partial charge in [0.25, 0.3) is 0 Å². The monoisotopic (exact) mass is 223 g/mol. The van der Waals surface area contributed by atoms with E-state index >= 15 is 0 Å². The van der Waals surface area contributed by atoms with E-state index in [1.54, 1.807) is 23.3 Å². The molecular formula is C13H9N3O. The third-order valence-electron chi connectivity index (χ3n) is 2.39. The van der Waals surface area contributed by atoms with Gasteiger partial charge in [-0.05, 0) is 24.1 Å². The van der Waals surface area contributed by atoms with Gasteiger partial charge in [0.15, 0.2) is 0 Å². The van der Waals surface area contributed by atoms with Gasteiger partial charge in [-0.15, -0.1) is 0 Å². The van der Waals surface area contributed by atoms with Crippen LogP contribution in [0.1, 0.15) is 5.69 Å². The molecule has 17 heavy (non-hydrogen) atoms. The molecule has 0 atom stereocenters. The van der Waals surface area contributed by atoms with Gasteiger partial charge in [-0.2, -0.15) is 5.10 Å². The molecule has 4 nitrogen and oxygen atoms in total. The molecule has 0 aliphatic carbocycles. The Balaban J connectivity index is 1.90. The lowest BCUT2D eigenvalue weighted by molar-refractivity contribution is 0.615. The summed E-state index contributed by atoms with van der Waals surface area (Å²) in [6, 6.07) is 5.57. The van der Waals surface area contributed by atoms with Gasteiger partial charge in [0.05, 0.1) is 11.6 Å². The SMILES string of the molecule is C(#Cc1nccc2occc12)Cn1cccn1. The highest BCUT2D eigenvalue weighted by atomic mass is 16.3. The molecule has 3 heterocycles. The molecule has 0 fully saturated rings. The fraction of sp³-hybridized carbons (Fsp3) is 0.0769. The Hall–Kier alpha value is -2.54. The van der Waals surface area contributed by atoms with Gasteiger partial charge in [0, 0.05) is 18.6 Å². The molecule has 3 aromatic heterocycles. The second kappa shape index (κ2) is 4.14. The Morgan fingerprint density at radius 1 is 1.29 bits per heavy atom. The molecule has 0 radical (unpaired) electrons. The first-order chi connectivity index (χ1) is 8.43. The number of fused-ring (bicyclic) bond motifs is 1. The fourth-order valence-corrected chi connectivity index (χ4v) is 1.59. The number of furan rings is 1. The average molecular weight is 223 g/mol. The van der Waals surface area contributed by atoms with Crippen LogP contribution in [0.25, 0.3) is 11.0 Å². The second-order valence-corrected chi connectivity index (χ2v) is 3.50. The van der Waals surface area contributed by atoms with Crippen molar-refractivity contribution in [2.75, 3.05) is 0 Å². The molecule has 0 amide bonds. The number of hydrogen-bond donors (Lipinski definition) is 0. The third kappa shape index (κ3) is 1.91. The molecule has 0 aliphatic heterocycles. The van der Waals surface area contributed by atoms with E-state index in [0.717, 1.165) is 16.7 Å². The maximum atomic E-state index is 5.29. The van der Waals surface area contributed by atoms with Gasteiger partial charge >= 0.3 is 0 Å². The first-order valence-electron chi connectivity index (χ1n) is 5.22. The Bertz CT molecular complexity index is 686. The average Bonchev–Trinajstić information content (AvgIpc) is 2.99. The molecule has 0 saturated carbocycles. The van der Waals surface area contributed by atoms with Gasteiger partial charge in [-0.3, -0.25) is 4.68 Å². The second-order valence-electron chi connectivity index (χ2n) is 3.50. The van der Waals surface area contributed by atoms with Crippen LogP contribution < -0.4 is 0 Å². The minimum absolute atomic E-state index is 0.558. The highest BCUT2D eigenvalue weighted by Gasteiger charge is 2.00. The standard InChI is InChI=1S/C13H9N3O/c1(8-16-9-2-6-15-16)3-12-11-5-10-17-13(11)4-7-14-12/h2,4-7,9-10H,8H2. The van der Waals surface area contributed by atoms with Gasteiger partial charge in [0.2, 0.25) is 0 Å². The van der Waals surface area contributed by atoms with E-state index in [9.17, 15) is 0 Å². The number of hydrogen-bond acceptors (Lipinski definition) is 3. The van der Waals surface area contributed by atoms with Crippen molar-refractivity contribution in [3.63, 3.8) is 0 Å². The molecule has 0 spiro atoms. The Morgan fingerprint density at radius 2 is 2.29 bits per heavy atom. The molecule has 0 bridgehead atoms. The molecule has 0 saturated heterocycles. The highest BCUT2D eigenvalue weighted by molar-refractivity contribution is 5.81. The summed E-state index contributed by atoms with van der Waals surface area (Å²) in [5.74, 6) is 6.06. The fourth-order valence-electron chi connectivity index (χ4n) is 1.59. The number of rotatable bonds is 1. The van der Waals surface area contributed by atoms with Crippen molar-refractivity contribution in [1.82, 2.24) is 14.8 Å². The van der Waals surface area contributed by atoms with Crippen LogP contribution in [0.15, 0.2) is 47.5 Å². The van der Waals surface area contributed by atoms with E-state index in [2.05, 4.69) is 21.9 Å². The van der Waals surface area contributed by atoms with Crippen LogP contribution in [-0.4, -0.2) is 14.8 Å². The zero-order valence-electron chi connectivity index (χ0n) is 9.00. The van der Waals surface area contributed by atoms with Crippen molar-refractivity contribution >= 4 is 11.0 Å². The van der Waals surface area contributed by atoms with E-state index in [4.69, 9.17) is 4.42 Å². The molecule has 0 N–H and O–H groups in total. The van der Waals surface area contributed by atoms with Crippen molar-refractivity contribution in [1.29, 1.82) is 0 Å². The van der Waals surface area contributed by atoms with E-state index < -0.39 is 0 Å². The van der Waals surface area contributed by atoms with Crippen molar-refractivity contribution in [2.24, 2.45) is 0 Å². The van der Waals surface area contributed by atoms with Crippen LogP contribution in [0.4, 0.5) is 0 Å². The molecule has 0 aromatic carbocycles. The zero-order chi connectivity index (χ0) is 11.5. The van der Waals surface area contributed by atoms with E-state index in [0.29, 0.717) is 6.54 Å². The van der Waals surface area contributed by atoms with Crippen LogP contribution in [0.5, 0.6) is 0 Å². The van der Waals surface area contributed by atoms with Gasteiger partial charge < -0.3 is 4.42 Å². The Labute approximate surface area is 97.9 Å². The smallest absolute Gasteiger partial charge is 0.138 e. The predicted molar refractivity (Wildman–Crippen MR) is 63.1 cm³/mol. The van der Waals surface area contributed by atoms with E-state index in [1.807, 2.05) is 24.4 Å². The van der Waals surface area contributed by atoms with Gasteiger partial charge in [-0.1, -0.05) is 5.92 Å². The molecular weight excluding hydrogens is 214 g/mol. The molecule has 0 unspecified atom stereocenters. The lowest BCUT2D eigenvalue weighted by Crippen LogP contribution is -1.95. The normalized spacial score (nSPS) is 10.1. The highest BCUT2D eigenvalue weighted by Crippen LogP contribution is 2.16. The van der Waals surface area contributed by atoms with Crippen molar-refractivity contribution in [2.45, 2.75) is 6.54 Å². The van der Waals surface area contributed by atoms with Crippen LogP contribution in [0.2, 0.25) is 0 Å². The zero-order valence-corrected chi connectivity index (χ0v) is 9.00. The quantitative estimate of drug-likeness (QED) is 0.593. The first-order valence-corrected chi connectivity index (χ1v) is 5.22. The van der Waals surface area contributed by atoms with E-state index in [1.165, 1.54) is 0 Å². The summed E-state index contributed by atoms with van der Waals surface area (Å²) in [6.45, 7) is 0.558. The topological polar surface area (TPSA) is 43.9 Å². The third-order valence-corrected chi connectivity index (χ3v) is 2.39. The largest absolute Gasteiger partial charge is 0.464 e. The van der Waals surface area contributed by atoms with Crippen molar-refractivity contribution in [3.05, 3.63) is 48.7 Å². The van der Waals surface area contributed by atoms with Crippen LogP contribution in [0.3, 0.4) is 0 Å². The minimum atomic E-state index is 0.558. The van der Waals surface area contributed by atoms with E-state index in [-0.39, 0.29) is 0 Å². The Morgan fingerprint density at radius 3 is 3.18 bits per heavy atom. The molecule has 4 heteroatoms. The van der Waals surface area contributed by atoms with Crippen LogP contribution in [-0.2, 0) is 6.54 Å². The summed E-state index contributed by atoms with van der Waals surface area (Å²) in [5.41, 5.74) is 1.55. The van der Waals surface area contributed by atoms with Gasteiger partial charge in [-0.25, -0.2) is 4.98 Å². The molecule has 3 rings (SSSR count). The maximum absolute atomic E-state index is 5.29. The summed E-state index contributed by atoms with van der Waals surface area (Å²) in [5, 5.41) is 5.02. The molecule has 3 aromatic rings. The summed E-state index contributed by atoms with van der Waals surface area (Å²) < 4.78 is 7.05. The lowest BCUT2D eigenvalue weighted by atomic mass is 10.2. The van der Waals surface area contributed by atoms with Crippen molar-refractivity contribution < 1.29 is 4.42 Å². The first kappa shape index (κ1) is 9.67. The summed E-state index contributed by atoms with van der Waals surface area (Å²) in [4.78, 5) is 4.23. The number of pyridine rings is 1. The summed E-state index contributed by atoms with van der Waals surface area (Å²) >= 11 is 0. The number of nitrogens with zero attached hydrogens (tertiary/aromatic N) is 3. The van der Waals surface area contributed by atoms with Crippen LogP contribution in [0, 0.1) is 11.8 Å². The lowest BCUT2D eigenvalue weighted by Gasteiger charge is -1.92. The maximum Gasteiger partial charge on any atom is 0.138 e. The van der Waals surface area contributed by atoms with Crippen LogP contribution >= 0.6 is 0 Å². The molecule has 0 aliphatic rings. The minimum Gasteiger partial charge on any atom is -0.464 e. The van der Waals surface area contributed by atoms with Gasteiger partial charge in [0.1, 0.15) is 17.8 Å². The van der Waals surface area contributed by atoms with Crippen molar-refractivity contribution in [3.8, 4) is 11.8 Å². The Kier molecular flexibility index (Phi) is 2.36. The summed E-state index contributed by atoms with van der Waals surface area (Å²) in [6.07, 6.45) is 6.95. The predicted octanol–water partition coefficient (Wildman–Crippen LogP) is 2.08. The molecule has 82 valence electrons. The summed E-state index contributed by atoms with van der Waals surface area (Å²) in [7, 11) is 0. The number of aromatic nitrogens is 3.